The van der Waals surface area contributed by atoms with E-state index in [0.717, 1.165) is 50.3 Å². The Bertz CT molecular complexity index is 1290. The normalized spacial score (nSPS) is 14.1. The Hall–Kier alpha value is -3.82. The van der Waals surface area contributed by atoms with Gasteiger partial charge in [-0.3, -0.25) is 14.6 Å². The summed E-state index contributed by atoms with van der Waals surface area (Å²) in [6, 6.07) is 22.5. The van der Waals surface area contributed by atoms with Gasteiger partial charge in [-0.2, -0.15) is 0 Å². The molecule has 1 aliphatic heterocycles. The predicted octanol–water partition coefficient (Wildman–Crippen LogP) is 4.18. The lowest BCUT2D eigenvalue weighted by Gasteiger charge is -2.34. The lowest BCUT2D eigenvalue weighted by molar-refractivity contribution is -0.114. The summed E-state index contributed by atoms with van der Waals surface area (Å²) in [7, 11) is 3.88. The highest BCUT2D eigenvalue weighted by Crippen LogP contribution is 2.26. The van der Waals surface area contributed by atoms with E-state index in [0.29, 0.717) is 10.9 Å². The van der Waals surface area contributed by atoms with Gasteiger partial charge in [0.15, 0.2) is 5.70 Å². The van der Waals surface area contributed by atoms with Crippen molar-refractivity contribution in [1.82, 2.24) is 10.2 Å². The smallest absolute Gasteiger partial charge is 0.269 e. The zero-order valence-electron chi connectivity index (χ0n) is 23.0. The molecule has 8 nitrogen and oxygen atoms in total. The van der Waals surface area contributed by atoms with Gasteiger partial charge in [0, 0.05) is 56.7 Å². The van der Waals surface area contributed by atoms with Crippen LogP contribution in [0.5, 0.6) is 0 Å². The number of carbonyl (C=O) groups excluding carboxylic acids is 2. The number of aldehydes is 1. The third-order valence-electron chi connectivity index (χ3n) is 6.58. The highest BCUT2D eigenvalue weighted by atomic mass is 32.2. The molecule has 3 aromatic rings. The molecule has 9 heteroatoms. The van der Waals surface area contributed by atoms with Gasteiger partial charge in [-0.05, 0) is 67.9 Å². The number of hydrogen-bond donors (Lipinski definition) is 2. The minimum absolute atomic E-state index is 0.164. The summed E-state index contributed by atoms with van der Waals surface area (Å²) in [4.78, 5) is 32.6. The van der Waals surface area contributed by atoms with Crippen molar-refractivity contribution in [2.45, 2.75) is 6.92 Å². The molecule has 0 aromatic heterocycles. The van der Waals surface area contributed by atoms with Crippen LogP contribution in [0, 0.1) is 0 Å². The Morgan fingerprint density at radius 3 is 2.31 bits per heavy atom. The topological polar surface area (TPSA) is 94.3 Å². The third-order valence-corrected chi connectivity index (χ3v) is 7.70. The number of thioether (sulfide) groups is 1. The van der Waals surface area contributed by atoms with Gasteiger partial charge in [0.25, 0.3) is 5.91 Å². The number of hydrogen-bond acceptors (Lipinski definition) is 8. The number of likely N-dealkylation sites (N-methyl/N-ethyl adjacent to an activating group) is 1. The minimum Gasteiger partial charge on any atom is -0.381 e. The fourth-order valence-corrected chi connectivity index (χ4v) is 5.28. The number of benzene rings is 3. The van der Waals surface area contributed by atoms with Crippen molar-refractivity contribution in [2.75, 3.05) is 62.5 Å². The first kappa shape index (κ1) is 29.7. The predicted molar refractivity (Wildman–Crippen MR) is 166 cm³/mol. The van der Waals surface area contributed by atoms with E-state index in [1.807, 2.05) is 36.4 Å². The molecule has 0 aliphatic carbocycles. The lowest BCUT2D eigenvalue weighted by Crippen LogP contribution is -2.44. The number of rotatable bonds is 10. The van der Waals surface area contributed by atoms with E-state index in [9.17, 15) is 9.59 Å². The van der Waals surface area contributed by atoms with Crippen molar-refractivity contribution in [2.24, 2.45) is 10.7 Å². The number of piperazine rings is 1. The second kappa shape index (κ2) is 14.9. The molecule has 0 atom stereocenters. The molecular formula is C30H38N6O2S. The number of nitrogens with zero attached hydrogens (tertiary/aromatic N) is 4. The zero-order chi connectivity index (χ0) is 28.2. The Labute approximate surface area is 235 Å². The molecule has 0 radical (unpaired) electrons. The van der Waals surface area contributed by atoms with Gasteiger partial charge in [-0.1, -0.05) is 42.1 Å². The van der Waals surface area contributed by atoms with Gasteiger partial charge in [-0.15, -0.1) is 0 Å². The van der Waals surface area contributed by atoms with Crippen LogP contribution in [0.1, 0.15) is 17.3 Å². The summed E-state index contributed by atoms with van der Waals surface area (Å²) >= 11 is 1.48. The van der Waals surface area contributed by atoms with Gasteiger partial charge in [0.2, 0.25) is 0 Å². The van der Waals surface area contributed by atoms with Crippen molar-refractivity contribution in [3.63, 3.8) is 0 Å². The maximum absolute atomic E-state index is 11.4. The van der Waals surface area contributed by atoms with E-state index in [2.05, 4.69) is 76.0 Å². The number of nitrogens with one attached hydrogen (secondary N) is 1. The molecule has 1 aliphatic rings. The van der Waals surface area contributed by atoms with Crippen LogP contribution in [-0.2, 0) is 4.79 Å². The number of amides is 1. The van der Waals surface area contributed by atoms with E-state index in [1.165, 1.54) is 28.2 Å². The fraction of sp³-hybridized carbons (Fsp3) is 0.300. The molecule has 1 fully saturated rings. The largest absolute Gasteiger partial charge is 0.381 e. The number of primary amides is 1. The molecule has 39 heavy (non-hydrogen) atoms. The average molecular weight is 547 g/mol. The van der Waals surface area contributed by atoms with Gasteiger partial charge in [-0.25, -0.2) is 0 Å². The summed E-state index contributed by atoms with van der Waals surface area (Å²) in [5, 5.41) is 6.02. The monoisotopic (exact) mass is 546 g/mol. The van der Waals surface area contributed by atoms with E-state index < -0.39 is 5.91 Å². The van der Waals surface area contributed by atoms with Crippen LogP contribution in [0.15, 0.2) is 82.4 Å². The first-order chi connectivity index (χ1) is 18.9. The van der Waals surface area contributed by atoms with Crippen LogP contribution < -0.4 is 20.9 Å². The summed E-state index contributed by atoms with van der Waals surface area (Å²) < 4.78 is 0. The molecule has 3 aromatic carbocycles. The summed E-state index contributed by atoms with van der Waals surface area (Å²) in [6.07, 6.45) is 0.883. The summed E-state index contributed by atoms with van der Waals surface area (Å²) in [5.41, 5.74) is 8.59. The van der Waals surface area contributed by atoms with Crippen molar-refractivity contribution < 1.29 is 9.59 Å². The summed E-state index contributed by atoms with van der Waals surface area (Å²) in [6.45, 7) is 10.7. The molecule has 0 bridgehead atoms. The van der Waals surface area contributed by atoms with Crippen molar-refractivity contribution >= 4 is 52.8 Å². The molecule has 0 spiro atoms. The van der Waals surface area contributed by atoms with Gasteiger partial charge >= 0.3 is 0 Å². The van der Waals surface area contributed by atoms with Gasteiger partial charge < -0.3 is 25.8 Å². The van der Waals surface area contributed by atoms with E-state index in [4.69, 9.17) is 5.73 Å². The van der Waals surface area contributed by atoms with Crippen LogP contribution in [-0.4, -0.2) is 76.5 Å². The Kier molecular flexibility index (Phi) is 11.4. The standard InChI is InChI=1S/C18H22N4OS.C12H16N2O/c1-4-22(12-24-18(21-3)16(20-2)17(19)23)15-10-9-13-7-5-6-8-14(13)11-15;1-13-6-8-14(9-7-13)12-4-2-11(10-15)3-5-12/h5-11,21H,2,4,12H2,1,3H3,(H2,19,23);2-5,10H,6-9H2,1H3/b18-16-;. The first-order valence-electron chi connectivity index (χ1n) is 12.9. The van der Waals surface area contributed by atoms with Crippen LogP contribution in [0.4, 0.5) is 11.4 Å². The number of anilines is 2. The van der Waals surface area contributed by atoms with Gasteiger partial charge in [0.1, 0.15) is 11.3 Å². The van der Waals surface area contributed by atoms with E-state index in [1.54, 1.807) is 7.05 Å². The lowest BCUT2D eigenvalue weighted by atomic mass is 10.1. The maximum atomic E-state index is 11.4. The summed E-state index contributed by atoms with van der Waals surface area (Å²) in [5.74, 6) is 0.0766. The number of fused-ring (bicyclic) bond motifs is 1. The SMILES string of the molecule is C=N/C(C(N)=O)=C(/NC)SCN(CC)c1ccc2ccccc2c1.CN1CCN(c2ccc(C=O)cc2)CC1. The molecule has 0 saturated carbocycles. The quantitative estimate of drug-likeness (QED) is 0.171. The zero-order valence-corrected chi connectivity index (χ0v) is 23.8. The van der Waals surface area contributed by atoms with Gasteiger partial charge in [0.05, 0.1) is 5.88 Å². The Morgan fingerprint density at radius 1 is 1.08 bits per heavy atom. The average Bonchev–Trinajstić information content (AvgIpc) is 2.97. The molecule has 3 N–H and O–H groups in total. The Morgan fingerprint density at radius 2 is 1.74 bits per heavy atom. The molecular weight excluding hydrogens is 508 g/mol. The molecule has 4 rings (SSSR count). The molecule has 206 valence electrons. The molecule has 1 heterocycles. The number of aliphatic imine (C=N–C) groups is 1. The fourth-order valence-electron chi connectivity index (χ4n) is 4.21. The molecule has 1 saturated heterocycles. The van der Waals surface area contributed by atoms with Crippen molar-refractivity contribution in [3.05, 3.63) is 83.0 Å². The highest BCUT2D eigenvalue weighted by Gasteiger charge is 2.14. The second-order valence-corrected chi connectivity index (χ2v) is 10.1. The van der Waals surface area contributed by atoms with Crippen LogP contribution >= 0.6 is 11.8 Å². The van der Waals surface area contributed by atoms with Crippen LogP contribution in [0.3, 0.4) is 0 Å². The molecule has 1 amide bonds. The third kappa shape index (κ3) is 8.33. The van der Waals surface area contributed by atoms with Crippen molar-refractivity contribution in [3.8, 4) is 0 Å². The minimum atomic E-state index is -0.587. The first-order valence-corrected chi connectivity index (χ1v) is 13.9. The van der Waals surface area contributed by atoms with Crippen LogP contribution in [0.2, 0.25) is 0 Å². The Balaban J connectivity index is 0.000000239. The number of carbonyl (C=O) groups is 2. The second-order valence-electron chi connectivity index (χ2n) is 9.11. The van der Waals surface area contributed by atoms with Crippen LogP contribution in [0.25, 0.3) is 10.8 Å². The molecule has 0 unspecified atom stereocenters. The highest BCUT2D eigenvalue weighted by molar-refractivity contribution is 8.03. The van der Waals surface area contributed by atoms with Crippen molar-refractivity contribution in [1.29, 1.82) is 0 Å². The van der Waals surface area contributed by atoms with E-state index in [-0.39, 0.29) is 5.70 Å². The van der Waals surface area contributed by atoms with E-state index >= 15 is 0 Å². The maximum Gasteiger partial charge on any atom is 0.269 e. The number of nitrogens with two attached hydrogens (primary N) is 1.